The summed E-state index contributed by atoms with van der Waals surface area (Å²) in [5, 5.41) is 15.0. The Morgan fingerprint density at radius 2 is 1.75 bits per heavy atom. The molecule has 4 rings (SSSR count). The summed E-state index contributed by atoms with van der Waals surface area (Å²) in [4.78, 5) is 16.9. The van der Waals surface area contributed by atoms with Crippen molar-refractivity contribution in [1.82, 2.24) is 14.7 Å². The highest BCUT2D eigenvalue weighted by Crippen LogP contribution is 2.32. The highest BCUT2D eigenvalue weighted by atomic mass is 16.5. The third kappa shape index (κ3) is 2.08. The summed E-state index contributed by atoms with van der Waals surface area (Å²) >= 11 is 0. The summed E-state index contributed by atoms with van der Waals surface area (Å²) in [6.07, 6.45) is 0. The first-order chi connectivity index (χ1) is 11.7. The van der Waals surface area contributed by atoms with Crippen LogP contribution in [-0.2, 0) is 7.05 Å². The van der Waals surface area contributed by atoms with Crippen molar-refractivity contribution in [3.05, 3.63) is 65.0 Å². The normalized spacial score (nSPS) is 11.0. The van der Waals surface area contributed by atoms with Gasteiger partial charge in [0.25, 0.3) is 11.4 Å². The number of hydrogen-bond acceptors (Lipinski definition) is 5. The van der Waals surface area contributed by atoms with Gasteiger partial charge in [0.1, 0.15) is 11.3 Å². The van der Waals surface area contributed by atoms with Gasteiger partial charge >= 0.3 is 0 Å². The SMILES string of the molecule is Cn1c(=O)c(-c2nc(-c3ccccc3)no2)c(O)c2ccccc21. The molecule has 0 spiro atoms. The Morgan fingerprint density at radius 1 is 1.04 bits per heavy atom. The maximum Gasteiger partial charge on any atom is 0.267 e. The van der Waals surface area contributed by atoms with E-state index in [0.717, 1.165) is 5.56 Å². The lowest BCUT2D eigenvalue weighted by Crippen LogP contribution is -2.19. The van der Waals surface area contributed by atoms with Crippen molar-refractivity contribution in [1.29, 1.82) is 0 Å². The van der Waals surface area contributed by atoms with Crippen molar-refractivity contribution in [3.8, 4) is 28.6 Å². The predicted octanol–water partition coefficient (Wildman–Crippen LogP) is 2.96. The molecule has 0 unspecified atom stereocenters. The van der Waals surface area contributed by atoms with E-state index < -0.39 is 5.56 Å². The summed E-state index contributed by atoms with van der Waals surface area (Å²) in [5.74, 6) is 0.204. The standard InChI is InChI=1S/C18H13N3O3/c1-21-13-10-6-5-9-12(13)15(22)14(18(21)23)17-19-16(20-24-17)11-7-3-2-4-8-11/h2-10,22H,1H3. The third-order valence-corrected chi connectivity index (χ3v) is 3.95. The van der Waals surface area contributed by atoms with Crippen molar-refractivity contribution < 1.29 is 9.63 Å². The summed E-state index contributed by atoms with van der Waals surface area (Å²) in [6, 6.07) is 16.4. The second-order valence-corrected chi connectivity index (χ2v) is 5.39. The molecule has 2 heterocycles. The fourth-order valence-corrected chi connectivity index (χ4v) is 2.70. The predicted molar refractivity (Wildman–Crippen MR) is 89.6 cm³/mol. The number of pyridine rings is 1. The van der Waals surface area contributed by atoms with E-state index in [0.29, 0.717) is 16.7 Å². The number of benzene rings is 2. The van der Waals surface area contributed by atoms with Crippen molar-refractivity contribution in [2.75, 3.05) is 0 Å². The van der Waals surface area contributed by atoms with E-state index >= 15 is 0 Å². The molecule has 2 aromatic heterocycles. The van der Waals surface area contributed by atoms with Crippen LogP contribution in [0.3, 0.4) is 0 Å². The van der Waals surface area contributed by atoms with Crippen LogP contribution in [0.25, 0.3) is 33.7 Å². The molecule has 0 saturated heterocycles. The number of rotatable bonds is 2. The lowest BCUT2D eigenvalue weighted by Gasteiger charge is -2.09. The van der Waals surface area contributed by atoms with Crippen LogP contribution in [0.4, 0.5) is 0 Å². The molecule has 0 aliphatic rings. The van der Waals surface area contributed by atoms with Gasteiger partial charge in [-0.15, -0.1) is 0 Å². The van der Waals surface area contributed by atoms with Crippen LogP contribution in [0.15, 0.2) is 63.9 Å². The Hall–Kier alpha value is -3.41. The molecule has 118 valence electrons. The molecular formula is C18H13N3O3. The Kier molecular flexibility index (Phi) is 3.16. The number of aromatic hydroxyl groups is 1. The van der Waals surface area contributed by atoms with Gasteiger partial charge in [0.15, 0.2) is 0 Å². The largest absolute Gasteiger partial charge is 0.506 e. The maximum atomic E-state index is 12.6. The van der Waals surface area contributed by atoms with E-state index in [4.69, 9.17) is 4.52 Å². The number of fused-ring (bicyclic) bond motifs is 1. The first-order valence-corrected chi connectivity index (χ1v) is 7.37. The minimum absolute atomic E-state index is 0.00212. The monoisotopic (exact) mass is 319 g/mol. The Morgan fingerprint density at radius 3 is 2.54 bits per heavy atom. The Bertz CT molecular complexity index is 1100. The lowest BCUT2D eigenvalue weighted by atomic mass is 10.1. The molecule has 0 bridgehead atoms. The molecule has 24 heavy (non-hydrogen) atoms. The highest BCUT2D eigenvalue weighted by molar-refractivity contribution is 5.90. The number of para-hydroxylation sites is 1. The zero-order valence-electron chi connectivity index (χ0n) is 12.8. The van der Waals surface area contributed by atoms with Crippen molar-refractivity contribution >= 4 is 10.9 Å². The molecule has 6 nitrogen and oxygen atoms in total. The van der Waals surface area contributed by atoms with Crippen LogP contribution in [-0.4, -0.2) is 19.8 Å². The fraction of sp³-hybridized carbons (Fsp3) is 0.0556. The minimum atomic E-state index is -0.394. The number of aromatic nitrogens is 3. The van der Waals surface area contributed by atoms with Gasteiger partial charge in [-0.1, -0.05) is 47.6 Å². The smallest absolute Gasteiger partial charge is 0.267 e. The fourth-order valence-electron chi connectivity index (χ4n) is 2.70. The quantitative estimate of drug-likeness (QED) is 0.614. The first-order valence-electron chi connectivity index (χ1n) is 7.37. The van der Waals surface area contributed by atoms with Gasteiger partial charge in [-0.05, 0) is 12.1 Å². The van der Waals surface area contributed by atoms with Gasteiger partial charge in [0.2, 0.25) is 5.82 Å². The highest BCUT2D eigenvalue weighted by Gasteiger charge is 2.21. The van der Waals surface area contributed by atoms with E-state index in [9.17, 15) is 9.90 Å². The van der Waals surface area contributed by atoms with Crippen LogP contribution >= 0.6 is 0 Å². The zero-order valence-corrected chi connectivity index (χ0v) is 12.8. The van der Waals surface area contributed by atoms with Crippen LogP contribution in [0.5, 0.6) is 5.75 Å². The van der Waals surface area contributed by atoms with Gasteiger partial charge in [-0.25, -0.2) is 0 Å². The Balaban J connectivity index is 1.95. The molecule has 1 N–H and O–H groups in total. The van der Waals surface area contributed by atoms with E-state index in [1.807, 2.05) is 30.3 Å². The summed E-state index contributed by atoms with van der Waals surface area (Å²) in [5.41, 5.74) is 1.01. The van der Waals surface area contributed by atoms with Crippen LogP contribution in [0.1, 0.15) is 0 Å². The molecule has 4 aromatic rings. The summed E-state index contributed by atoms with van der Waals surface area (Å²) in [6.45, 7) is 0. The summed E-state index contributed by atoms with van der Waals surface area (Å²) < 4.78 is 6.69. The molecule has 0 aliphatic carbocycles. The van der Waals surface area contributed by atoms with E-state index in [1.165, 1.54) is 4.57 Å². The van der Waals surface area contributed by atoms with Crippen molar-refractivity contribution in [2.24, 2.45) is 7.05 Å². The average molecular weight is 319 g/mol. The molecule has 0 fully saturated rings. The van der Waals surface area contributed by atoms with Gasteiger partial charge in [-0.2, -0.15) is 4.98 Å². The Labute approximate surface area is 136 Å². The molecule has 0 amide bonds. The molecule has 0 saturated carbocycles. The zero-order chi connectivity index (χ0) is 16.7. The maximum absolute atomic E-state index is 12.6. The minimum Gasteiger partial charge on any atom is -0.506 e. The average Bonchev–Trinajstić information content (AvgIpc) is 3.10. The first kappa shape index (κ1) is 14.2. The van der Waals surface area contributed by atoms with Crippen LogP contribution in [0.2, 0.25) is 0 Å². The van der Waals surface area contributed by atoms with Crippen LogP contribution < -0.4 is 5.56 Å². The molecule has 6 heteroatoms. The second kappa shape index (κ2) is 5.34. The van der Waals surface area contributed by atoms with E-state index in [1.54, 1.807) is 31.3 Å². The van der Waals surface area contributed by atoms with E-state index in [2.05, 4.69) is 10.1 Å². The number of nitrogens with zero attached hydrogens (tertiary/aromatic N) is 3. The van der Waals surface area contributed by atoms with Gasteiger partial charge < -0.3 is 14.2 Å². The number of aryl methyl sites for hydroxylation is 1. The lowest BCUT2D eigenvalue weighted by molar-refractivity contribution is 0.425. The van der Waals surface area contributed by atoms with Crippen molar-refractivity contribution in [3.63, 3.8) is 0 Å². The summed E-state index contributed by atoms with van der Waals surface area (Å²) in [7, 11) is 1.64. The van der Waals surface area contributed by atoms with Crippen molar-refractivity contribution in [2.45, 2.75) is 0 Å². The molecule has 0 aliphatic heterocycles. The molecular weight excluding hydrogens is 306 g/mol. The van der Waals surface area contributed by atoms with Gasteiger partial charge in [0.05, 0.1) is 5.52 Å². The molecule has 2 aromatic carbocycles. The third-order valence-electron chi connectivity index (χ3n) is 3.95. The topological polar surface area (TPSA) is 81.2 Å². The van der Waals surface area contributed by atoms with Crippen LogP contribution in [0, 0.1) is 0 Å². The van der Waals surface area contributed by atoms with Gasteiger partial charge in [-0.3, -0.25) is 4.79 Å². The second-order valence-electron chi connectivity index (χ2n) is 5.39. The molecule has 0 atom stereocenters. The van der Waals surface area contributed by atoms with E-state index in [-0.39, 0.29) is 17.2 Å². The number of hydrogen-bond donors (Lipinski definition) is 1. The molecule has 0 radical (unpaired) electrons. The van der Waals surface area contributed by atoms with Gasteiger partial charge in [0, 0.05) is 18.0 Å².